The van der Waals surface area contributed by atoms with E-state index in [-0.39, 0.29) is 34.4 Å². The van der Waals surface area contributed by atoms with E-state index in [1.165, 1.54) is 18.2 Å². The van der Waals surface area contributed by atoms with Crippen LogP contribution in [0.3, 0.4) is 0 Å². The highest BCUT2D eigenvalue weighted by Crippen LogP contribution is 2.35. The maximum Gasteiger partial charge on any atom is 0.281 e. The van der Waals surface area contributed by atoms with Crippen LogP contribution in [0.1, 0.15) is 53.7 Å². The number of nitrogen functional groups attached to an aromatic ring is 1. The number of anilines is 2. The second kappa shape index (κ2) is 9.77. The number of carbonyl (C=O) groups is 1. The molecule has 3 N–H and O–H groups in total. The molecule has 1 aliphatic rings. The molecule has 1 aliphatic heterocycles. The van der Waals surface area contributed by atoms with Crippen molar-refractivity contribution in [3.63, 3.8) is 0 Å². The van der Waals surface area contributed by atoms with Crippen LogP contribution in [0, 0.1) is 20.8 Å². The first kappa shape index (κ1) is 25.4. The fourth-order valence-electron chi connectivity index (χ4n) is 4.71. The zero-order chi connectivity index (χ0) is 26.2. The summed E-state index contributed by atoms with van der Waals surface area (Å²) in [4.78, 5) is 23.9. The molecular formula is C26H31N5O4S. The summed E-state index contributed by atoms with van der Waals surface area (Å²) in [7, 11) is -4.27. The molecule has 0 unspecified atom stereocenters. The third-order valence-electron chi connectivity index (χ3n) is 6.36. The topological polar surface area (TPSA) is 128 Å². The van der Waals surface area contributed by atoms with Gasteiger partial charge in [0.05, 0.1) is 0 Å². The lowest BCUT2D eigenvalue weighted by atomic mass is 10.1. The molecule has 4 rings (SSSR count). The number of hydrogen-bond donors (Lipinski definition) is 2. The van der Waals surface area contributed by atoms with Crippen molar-refractivity contribution < 1.29 is 17.9 Å². The van der Waals surface area contributed by atoms with Gasteiger partial charge < -0.3 is 15.4 Å². The Labute approximate surface area is 211 Å². The van der Waals surface area contributed by atoms with Gasteiger partial charge in [-0.05, 0) is 82.9 Å². The first-order valence-corrected chi connectivity index (χ1v) is 13.3. The summed E-state index contributed by atoms with van der Waals surface area (Å²) in [6.07, 6.45) is 2.06. The second-order valence-corrected chi connectivity index (χ2v) is 11.0. The number of ether oxygens (including phenoxy) is 1. The van der Waals surface area contributed by atoms with Crippen molar-refractivity contribution in [3.05, 3.63) is 64.7 Å². The van der Waals surface area contributed by atoms with Gasteiger partial charge in [-0.1, -0.05) is 23.8 Å². The van der Waals surface area contributed by atoms with Gasteiger partial charge in [0.25, 0.3) is 15.9 Å². The zero-order valence-electron chi connectivity index (χ0n) is 21.1. The highest BCUT2D eigenvalue weighted by atomic mass is 32.2. The Morgan fingerprint density at radius 3 is 2.28 bits per heavy atom. The lowest BCUT2D eigenvalue weighted by Gasteiger charge is -2.28. The molecule has 1 aromatic carbocycles. The van der Waals surface area contributed by atoms with E-state index in [4.69, 9.17) is 15.5 Å². The number of nitrogens with one attached hydrogen (secondary N) is 1. The van der Waals surface area contributed by atoms with Crippen molar-refractivity contribution >= 4 is 27.6 Å². The monoisotopic (exact) mass is 509 g/mol. The van der Waals surface area contributed by atoms with Crippen LogP contribution in [0.15, 0.2) is 47.5 Å². The van der Waals surface area contributed by atoms with Crippen LogP contribution in [0.25, 0.3) is 0 Å². The maximum absolute atomic E-state index is 13.2. The molecule has 1 saturated heterocycles. The van der Waals surface area contributed by atoms with Crippen molar-refractivity contribution in [3.8, 4) is 11.6 Å². The van der Waals surface area contributed by atoms with E-state index in [2.05, 4.69) is 28.5 Å². The summed E-state index contributed by atoms with van der Waals surface area (Å²) >= 11 is 0. The zero-order valence-corrected chi connectivity index (χ0v) is 21.9. The molecule has 0 aliphatic carbocycles. The minimum absolute atomic E-state index is 0.00916. The number of benzene rings is 1. The van der Waals surface area contributed by atoms with Gasteiger partial charge in [-0.3, -0.25) is 4.79 Å². The van der Waals surface area contributed by atoms with Gasteiger partial charge in [0.15, 0.2) is 5.03 Å². The van der Waals surface area contributed by atoms with E-state index in [0.717, 1.165) is 29.5 Å². The Morgan fingerprint density at radius 2 is 1.67 bits per heavy atom. The van der Waals surface area contributed by atoms with Gasteiger partial charge >= 0.3 is 0 Å². The smallest absolute Gasteiger partial charge is 0.281 e. The molecule has 0 bridgehead atoms. The average molecular weight is 510 g/mol. The van der Waals surface area contributed by atoms with Crippen LogP contribution < -0.4 is 20.1 Å². The molecule has 3 heterocycles. The van der Waals surface area contributed by atoms with Gasteiger partial charge in [0, 0.05) is 12.1 Å². The summed E-state index contributed by atoms with van der Waals surface area (Å²) in [5.41, 5.74) is 8.45. The molecule has 3 aromatic rings. The van der Waals surface area contributed by atoms with Crippen molar-refractivity contribution in [1.29, 1.82) is 0 Å². The number of sulfonamides is 1. The fraction of sp³-hybridized carbons (Fsp3) is 0.346. The Balaban J connectivity index is 1.75. The molecule has 2 atom stereocenters. The molecule has 1 amide bonds. The number of rotatable bonds is 6. The summed E-state index contributed by atoms with van der Waals surface area (Å²) in [5.74, 6) is 0.420. The van der Waals surface area contributed by atoms with Crippen LogP contribution in [-0.2, 0) is 10.0 Å². The summed E-state index contributed by atoms with van der Waals surface area (Å²) in [6.45, 7) is 10.1. The molecule has 1 fully saturated rings. The van der Waals surface area contributed by atoms with Crippen LogP contribution in [0.4, 0.5) is 11.6 Å². The normalized spacial score (nSPS) is 17.8. The van der Waals surface area contributed by atoms with Gasteiger partial charge in [0.2, 0.25) is 5.88 Å². The fourth-order valence-corrected chi connectivity index (χ4v) is 5.65. The van der Waals surface area contributed by atoms with Crippen LogP contribution in [0.5, 0.6) is 11.6 Å². The van der Waals surface area contributed by atoms with E-state index in [9.17, 15) is 13.2 Å². The number of aryl methyl sites for hydroxylation is 3. The molecule has 10 heteroatoms. The van der Waals surface area contributed by atoms with Crippen molar-refractivity contribution in [1.82, 2.24) is 14.7 Å². The summed E-state index contributed by atoms with van der Waals surface area (Å²) < 4.78 is 33.9. The first-order chi connectivity index (χ1) is 17.0. The van der Waals surface area contributed by atoms with E-state index in [0.29, 0.717) is 11.6 Å². The first-order valence-electron chi connectivity index (χ1n) is 11.8. The predicted octanol–water partition coefficient (Wildman–Crippen LogP) is 4.27. The van der Waals surface area contributed by atoms with Gasteiger partial charge in [-0.25, -0.2) is 9.71 Å². The molecule has 190 valence electrons. The predicted molar refractivity (Wildman–Crippen MR) is 139 cm³/mol. The second-order valence-electron chi connectivity index (χ2n) is 9.37. The number of pyridine rings is 2. The van der Waals surface area contributed by atoms with Gasteiger partial charge in [-0.2, -0.15) is 13.4 Å². The number of carbonyl (C=O) groups excluding carboxylic acids is 1. The molecule has 0 radical (unpaired) electrons. The third-order valence-corrected chi connectivity index (χ3v) is 7.59. The number of aromatic nitrogens is 2. The minimum Gasteiger partial charge on any atom is -0.438 e. The molecule has 9 nitrogen and oxygen atoms in total. The molecule has 0 saturated carbocycles. The van der Waals surface area contributed by atoms with Crippen LogP contribution in [-0.4, -0.2) is 36.4 Å². The average Bonchev–Trinajstić information content (AvgIpc) is 3.13. The molecule has 0 spiro atoms. The SMILES string of the molecule is Cc1cc(C)c(Oc2nc(N3[C@H](C)CC[C@@H]3C)ccc2C(=O)NS(=O)(=O)c2cccc(N)n2)c(C)c1. The Bertz CT molecular complexity index is 1390. The number of hydrogen-bond acceptors (Lipinski definition) is 8. The van der Waals surface area contributed by atoms with Crippen molar-refractivity contribution in [2.75, 3.05) is 10.6 Å². The number of nitrogens with two attached hydrogens (primary N) is 1. The van der Waals surface area contributed by atoms with Crippen molar-refractivity contribution in [2.45, 2.75) is 64.6 Å². The summed E-state index contributed by atoms with van der Waals surface area (Å²) in [6, 6.07) is 12.0. The van der Waals surface area contributed by atoms with E-state index >= 15 is 0 Å². The van der Waals surface area contributed by atoms with E-state index in [1.807, 2.05) is 32.9 Å². The lowest BCUT2D eigenvalue weighted by molar-refractivity contribution is 0.0978. The Hall–Kier alpha value is -3.66. The Morgan fingerprint density at radius 1 is 1.03 bits per heavy atom. The quantitative estimate of drug-likeness (QED) is 0.504. The molecule has 2 aromatic heterocycles. The maximum atomic E-state index is 13.2. The van der Waals surface area contributed by atoms with Crippen LogP contribution >= 0.6 is 0 Å². The standard InChI is InChI=1S/C26H31N5O4S/c1-15-13-16(2)24(17(3)14-15)35-26-20(11-12-22(29-26)31-18(4)9-10-19(31)5)25(32)30-36(33,34)23-8-6-7-21(27)28-23/h6-8,11-14,18-19H,9-10H2,1-5H3,(H2,27,28)(H,30,32)/t18-,19+. The van der Waals surface area contributed by atoms with Crippen LogP contribution in [0.2, 0.25) is 0 Å². The highest BCUT2D eigenvalue weighted by Gasteiger charge is 2.30. The molecule has 36 heavy (non-hydrogen) atoms. The third kappa shape index (κ3) is 5.13. The Kier molecular flexibility index (Phi) is 6.90. The van der Waals surface area contributed by atoms with Gasteiger partial charge in [-0.15, -0.1) is 0 Å². The lowest BCUT2D eigenvalue weighted by Crippen LogP contribution is -2.34. The molecular weight excluding hydrogens is 478 g/mol. The number of nitrogens with zero attached hydrogens (tertiary/aromatic N) is 3. The minimum atomic E-state index is -4.27. The number of amides is 1. The van der Waals surface area contributed by atoms with Gasteiger partial charge in [0.1, 0.15) is 22.9 Å². The highest BCUT2D eigenvalue weighted by molar-refractivity contribution is 7.90. The summed E-state index contributed by atoms with van der Waals surface area (Å²) in [5, 5.41) is -0.354. The van der Waals surface area contributed by atoms with Crippen molar-refractivity contribution in [2.24, 2.45) is 0 Å². The van der Waals surface area contributed by atoms with E-state index in [1.54, 1.807) is 12.1 Å². The van der Waals surface area contributed by atoms with E-state index < -0.39 is 15.9 Å². The largest absolute Gasteiger partial charge is 0.438 e.